The minimum Gasteiger partial charge on any atom is -0.488 e. The summed E-state index contributed by atoms with van der Waals surface area (Å²) in [7, 11) is 0. The molecule has 122 valence electrons. The number of hydrogen-bond acceptors (Lipinski definition) is 4. The molecule has 0 aliphatic heterocycles. The van der Waals surface area contributed by atoms with E-state index < -0.39 is 5.97 Å². The van der Waals surface area contributed by atoms with Gasteiger partial charge in [-0.3, -0.25) is 0 Å². The van der Waals surface area contributed by atoms with Gasteiger partial charge in [0.1, 0.15) is 23.7 Å². The van der Waals surface area contributed by atoms with Crippen molar-refractivity contribution in [3.8, 4) is 5.75 Å². The smallest absolute Gasteiger partial charge is 0.330 e. The van der Waals surface area contributed by atoms with Crippen molar-refractivity contribution in [1.29, 1.82) is 0 Å². The number of benzene rings is 2. The predicted octanol–water partition coefficient (Wildman–Crippen LogP) is 4.59. The molecule has 0 radical (unpaired) electrons. The second-order valence-corrected chi connectivity index (χ2v) is 5.18. The Morgan fingerprint density at radius 1 is 1.12 bits per heavy atom. The van der Waals surface area contributed by atoms with Crippen molar-refractivity contribution in [3.05, 3.63) is 72.0 Å². The van der Waals surface area contributed by atoms with E-state index in [2.05, 4.69) is 0 Å². The lowest BCUT2D eigenvalue weighted by molar-refractivity contribution is -0.137. The van der Waals surface area contributed by atoms with Crippen LogP contribution >= 0.6 is 0 Å². The van der Waals surface area contributed by atoms with E-state index in [1.807, 2.05) is 54.6 Å². The summed E-state index contributed by atoms with van der Waals surface area (Å²) < 4.78 is 16.5. The van der Waals surface area contributed by atoms with E-state index >= 15 is 0 Å². The summed E-state index contributed by atoms with van der Waals surface area (Å²) in [6, 6.07) is 17.5. The number of carbonyl (C=O) groups excluding carboxylic acids is 1. The van der Waals surface area contributed by atoms with E-state index in [0.717, 1.165) is 16.7 Å². The van der Waals surface area contributed by atoms with Crippen molar-refractivity contribution in [2.45, 2.75) is 13.5 Å². The van der Waals surface area contributed by atoms with Gasteiger partial charge in [-0.25, -0.2) is 4.79 Å². The molecule has 0 atom stereocenters. The van der Waals surface area contributed by atoms with E-state index in [-0.39, 0.29) is 0 Å². The maximum Gasteiger partial charge on any atom is 0.330 e. The fourth-order valence-corrected chi connectivity index (χ4v) is 2.34. The van der Waals surface area contributed by atoms with Gasteiger partial charge in [-0.2, -0.15) is 0 Å². The molecule has 0 unspecified atom stereocenters. The van der Waals surface area contributed by atoms with Crippen LogP contribution in [0.4, 0.5) is 0 Å². The van der Waals surface area contributed by atoms with Crippen LogP contribution in [-0.4, -0.2) is 12.6 Å². The van der Waals surface area contributed by atoms with Crippen LogP contribution < -0.4 is 4.74 Å². The van der Waals surface area contributed by atoms with Crippen LogP contribution in [0.25, 0.3) is 17.0 Å². The Labute approximate surface area is 140 Å². The molecule has 0 amide bonds. The Morgan fingerprint density at radius 3 is 2.75 bits per heavy atom. The zero-order valence-electron chi connectivity index (χ0n) is 13.4. The molecule has 0 N–H and O–H groups in total. The molecule has 0 spiro atoms. The minimum atomic E-state index is -0.390. The number of hydrogen-bond donors (Lipinski definition) is 0. The fourth-order valence-electron chi connectivity index (χ4n) is 2.34. The molecule has 4 nitrogen and oxygen atoms in total. The largest absolute Gasteiger partial charge is 0.488 e. The van der Waals surface area contributed by atoms with Crippen molar-refractivity contribution in [1.82, 2.24) is 0 Å². The standard InChI is InChI=1S/C20H18O4/c1-2-22-20(21)12-11-16-13-17-18(9-6-10-19(17)24-16)23-14-15-7-4-3-5-8-15/h3-13H,2,14H2,1H3/b12-11+. The minimum absolute atomic E-state index is 0.348. The average Bonchev–Trinajstić information content (AvgIpc) is 3.03. The monoisotopic (exact) mass is 322 g/mol. The van der Waals surface area contributed by atoms with Crippen molar-refractivity contribution in [2.24, 2.45) is 0 Å². The van der Waals surface area contributed by atoms with Crippen molar-refractivity contribution in [2.75, 3.05) is 6.61 Å². The second-order valence-electron chi connectivity index (χ2n) is 5.18. The lowest BCUT2D eigenvalue weighted by Crippen LogP contribution is -1.98. The highest BCUT2D eigenvalue weighted by atomic mass is 16.5. The van der Waals surface area contributed by atoms with Gasteiger partial charge in [0.25, 0.3) is 0 Å². The Balaban J connectivity index is 1.78. The zero-order valence-corrected chi connectivity index (χ0v) is 13.4. The summed E-state index contributed by atoms with van der Waals surface area (Å²) in [6.07, 6.45) is 2.95. The normalized spacial score (nSPS) is 11.0. The van der Waals surface area contributed by atoms with E-state index in [4.69, 9.17) is 13.9 Å². The Bertz CT molecular complexity index is 846. The van der Waals surface area contributed by atoms with Crippen molar-refractivity contribution in [3.63, 3.8) is 0 Å². The SMILES string of the molecule is CCOC(=O)/C=C/c1cc2c(OCc3ccccc3)cccc2o1. The maximum absolute atomic E-state index is 11.4. The molecule has 0 saturated heterocycles. The molecule has 0 bridgehead atoms. The summed E-state index contributed by atoms with van der Waals surface area (Å²) in [5, 5.41) is 0.872. The van der Waals surface area contributed by atoms with Gasteiger partial charge in [-0.1, -0.05) is 36.4 Å². The van der Waals surface area contributed by atoms with Crippen LogP contribution in [0.2, 0.25) is 0 Å². The van der Waals surface area contributed by atoms with E-state index in [1.165, 1.54) is 6.08 Å². The molecule has 3 rings (SSSR count). The van der Waals surface area contributed by atoms with Gasteiger partial charge < -0.3 is 13.9 Å². The Hall–Kier alpha value is -3.01. The zero-order chi connectivity index (χ0) is 16.8. The molecule has 3 aromatic rings. The molecule has 0 fully saturated rings. The summed E-state index contributed by atoms with van der Waals surface area (Å²) in [5.41, 5.74) is 1.81. The van der Waals surface area contributed by atoms with Gasteiger partial charge in [0.05, 0.1) is 12.0 Å². The molecular weight excluding hydrogens is 304 g/mol. The Kier molecular flexibility index (Phi) is 4.96. The lowest BCUT2D eigenvalue weighted by atomic mass is 10.2. The highest BCUT2D eigenvalue weighted by Gasteiger charge is 2.08. The number of furan rings is 1. The number of rotatable bonds is 6. The van der Waals surface area contributed by atoms with Gasteiger partial charge in [0, 0.05) is 6.08 Å². The molecule has 0 saturated carbocycles. The predicted molar refractivity (Wildman–Crippen MR) is 92.7 cm³/mol. The van der Waals surface area contributed by atoms with E-state index in [9.17, 15) is 4.79 Å². The van der Waals surface area contributed by atoms with Crippen LogP contribution in [-0.2, 0) is 16.1 Å². The quantitative estimate of drug-likeness (QED) is 0.492. The highest BCUT2D eigenvalue weighted by molar-refractivity contribution is 5.89. The first kappa shape index (κ1) is 15.9. The van der Waals surface area contributed by atoms with Crippen molar-refractivity contribution >= 4 is 23.0 Å². The van der Waals surface area contributed by atoms with E-state index in [1.54, 1.807) is 13.0 Å². The third-order valence-corrected chi connectivity index (χ3v) is 3.45. The highest BCUT2D eigenvalue weighted by Crippen LogP contribution is 2.29. The molecule has 0 aliphatic rings. The van der Waals surface area contributed by atoms with Crippen LogP contribution in [0.3, 0.4) is 0 Å². The third kappa shape index (κ3) is 3.84. The summed E-state index contributed by atoms with van der Waals surface area (Å²) >= 11 is 0. The van der Waals surface area contributed by atoms with Crippen LogP contribution in [0.15, 0.2) is 65.1 Å². The third-order valence-electron chi connectivity index (χ3n) is 3.45. The molecular formula is C20H18O4. The molecule has 1 heterocycles. The molecule has 24 heavy (non-hydrogen) atoms. The van der Waals surface area contributed by atoms with Gasteiger partial charge >= 0.3 is 5.97 Å². The van der Waals surface area contributed by atoms with Crippen LogP contribution in [0, 0.1) is 0 Å². The molecule has 1 aromatic heterocycles. The van der Waals surface area contributed by atoms with Gasteiger partial charge in [0.2, 0.25) is 0 Å². The molecule has 4 heteroatoms. The van der Waals surface area contributed by atoms with Crippen LogP contribution in [0.1, 0.15) is 18.2 Å². The number of ether oxygens (including phenoxy) is 2. The van der Waals surface area contributed by atoms with Gasteiger partial charge in [0.15, 0.2) is 0 Å². The molecule has 2 aromatic carbocycles. The van der Waals surface area contributed by atoms with E-state index in [0.29, 0.717) is 24.6 Å². The second kappa shape index (κ2) is 7.51. The first-order chi connectivity index (χ1) is 11.8. The summed E-state index contributed by atoms with van der Waals surface area (Å²) in [6.45, 7) is 2.60. The first-order valence-electron chi connectivity index (χ1n) is 7.80. The topological polar surface area (TPSA) is 48.7 Å². The first-order valence-corrected chi connectivity index (χ1v) is 7.80. The fraction of sp³-hybridized carbons (Fsp3) is 0.150. The van der Waals surface area contributed by atoms with Gasteiger partial charge in [-0.05, 0) is 36.8 Å². The average molecular weight is 322 g/mol. The summed E-state index contributed by atoms with van der Waals surface area (Å²) in [5.74, 6) is 0.934. The number of fused-ring (bicyclic) bond motifs is 1. The maximum atomic E-state index is 11.4. The van der Waals surface area contributed by atoms with Crippen LogP contribution in [0.5, 0.6) is 5.75 Å². The molecule has 0 aliphatic carbocycles. The number of esters is 1. The number of carbonyl (C=O) groups is 1. The lowest BCUT2D eigenvalue weighted by Gasteiger charge is -2.06. The van der Waals surface area contributed by atoms with Crippen molar-refractivity contribution < 1.29 is 18.7 Å². The summed E-state index contributed by atoms with van der Waals surface area (Å²) in [4.78, 5) is 11.4. The Morgan fingerprint density at radius 2 is 1.96 bits per heavy atom. The van der Waals surface area contributed by atoms with Gasteiger partial charge in [-0.15, -0.1) is 0 Å².